The number of aliphatic hydroxyl groups excluding tert-OH is 1. The number of carboxylic acids is 1. The van der Waals surface area contributed by atoms with E-state index in [0.29, 0.717) is 0 Å². The summed E-state index contributed by atoms with van der Waals surface area (Å²) in [5, 5.41) is 18.1. The number of hydrogen-bond acceptors (Lipinski definition) is 4. The third-order valence-corrected chi connectivity index (χ3v) is 5.44. The lowest BCUT2D eigenvalue weighted by molar-refractivity contribution is -0.137. The second kappa shape index (κ2) is 7.35. The monoisotopic (exact) mass is 308 g/mol. The normalized spacial score (nSPS) is 19.1. The molecule has 1 rings (SSSR count). The molecule has 0 spiro atoms. The highest BCUT2D eigenvalue weighted by Crippen LogP contribution is 2.35. The molecular formula is C12H24N2O5S. The zero-order valence-corrected chi connectivity index (χ0v) is 12.7. The number of hydrogen-bond donors (Lipinski definition) is 3. The first-order chi connectivity index (χ1) is 9.31. The van der Waals surface area contributed by atoms with Crippen molar-refractivity contribution in [2.45, 2.75) is 38.5 Å². The molecule has 0 amide bonds. The highest BCUT2D eigenvalue weighted by Gasteiger charge is 2.33. The summed E-state index contributed by atoms with van der Waals surface area (Å²) in [6.45, 7) is 0.0917. The lowest BCUT2D eigenvalue weighted by Gasteiger charge is -2.36. The summed E-state index contributed by atoms with van der Waals surface area (Å²) < 4.78 is 27.5. The van der Waals surface area contributed by atoms with Crippen molar-refractivity contribution >= 4 is 16.2 Å². The standard InChI is InChI=1S/C12H24N2O5S/c1-14(8-5-11(16)17)20(18,19)13-9-12(10-15)6-3-2-4-7-12/h13,15H,2-10H2,1H3,(H,16,17). The lowest BCUT2D eigenvalue weighted by atomic mass is 9.75. The predicted molar refractivity (Wildman–Crippen MR) is 74.4 cm³/mol. The SMILES string of the molecule is CN(CCC(=O)O)S(=O)(=O)NCC1(CO)CCCCC1. The maximum Gasteiger partial charge on any atom is 0.304 e. The van der Waals surface area contributed by atoms with E-state index in [2.05, 4.69) is 4.72 Å². The highest BCUT2D eigenvalue weighted by molar-refractivity contribution is 7.87. The molecule has 7 nitrogen and oxygen atoms in total. The fourth-order valence-electron chi connectivity index (χ4n) is 2.42. The number of aliphatic carboxylic acids is 1. The van der Waals surface area contributed by atoms with E-state index in [1.807, 2.05) is 0 Å². The summed E-state index contributed by atoms with van der Waals surface area (Å²) in [7, 11) is -2.35. The first-order valence-corrected chi connectivity index (χ1v) is 8.29. The summed E-state index contributed by atoms with van der Waals surface area (Å²) in [5.41, 5.74) is -0.376. The van der Waals surface area contributed by atoms with E-state index in [4.69, 9.17) is 5.11 Å². The molecule has 118 valence electrons. The summed E-state index contributed by atoms with van der Waals surface area (Å²) >= 11 is 0. The van der Waals surface area contributed by atoms with Crippen LogP contribution in [0.4, 0.5) is 0 Å². The van der Waals surface area contributed by atoms with Gasteiger partial charge in [0.05, 0.1) is 6.42 Å². The summed E-state index contributed by atoms with van der Waals surface area (Å²) in [6, 6.07) is 0. The van der Waals surface area contributed by atoms with Gasteiger partial charge in [-0.15, -0.1) is 0 Å². The minimum absolute atomic E-state index is 0.0334. The van der Waals surface area contributed by atoms with Crippen molar-refractivity contribution in [3.63, 3.8) is 0 Å². The second-order valence-corrected chi connectivity index (χ2v) is 7.37. The Morgan fingerprint density at radius 2 is 1.90 bits per heavy atom. The van der Waals surface area contributed by atoms with E-state index in [1.54, 1.807) is 0 Å². The second-order valence-electron chi connectivity index (χ2n) is 5.51. The van der Waals surface area contributed by atoms with Gasteiger partial charge in [-0.2, -0.15) is 12.7 Å². The Labute approximate surface area is 120 Å². The van der Waals surface area contributed by atoms with Crippen LogP contribution in [0, 0.1) is 5.41 Å². The zero-order chi connectivity index (χ0) is 15.2. The molecule has 8 heteroatoms. The molecule has 0 aromatic carbocycles. The summed E-state index contributed by atoms with van der Waals surface area (Å²) in [6.07, 6.45) is 4.50. The Bertz CT molecular complexity index is 418. The van der Waals surface area contributed by atoms with E-state index >= 15 is 0 Å². The summed E-state index contributed by atoms with van der Waals surface area (Å²) in [5.74, 6) is -1.04. The third-order valence-electron chi connectivity index (χ3n) is 3.93. The molecule has 1 aliphatic carbocycles. The number of aliphatic hydroxyl groups is 1. The Morgan fingerprint density at radius 3 is 2.40 bits per heavy atom. The van der Waals surface area contributed by atoms with Crippen molar-refractivity contribution < 1.29 is 23.4 Å². The molecule has 0 aromatic rings. The topological polar surface area (TPSA) is 107 Å². The largest absolute Gasteiger partial charge is 0.481 e. The van der Waals surface area contributed by atoms with Crippen LogP contribution < -0.4 is 4.72 Å². The number of nitrogens with one attached hydrogen (secondary N) is 1. The van der Waals surface area contributed by atoms with Crippen LogP contribution in [0.1, 0.15) is 38.5 Å². The molecule has 3 N–H and O–H groups in total. The van der Waals surface area contributed by atoms with E-state index in [-0.39, 0.29) is 31.5 Å². The molecule has 20 heavy (non-hydrogen) atoms. The maximum atomic E-state index is 12.0. The Morgan fingerprint density at radius 1 is 1.30 bits per heavy atom. The van der Waals surface area contributed by atoms with Crippen LogP contribution in [0.2, 0.25) is 0 Å². The van der Waals surface area contributed by atoms with E-state index < -0.39 is 16.2 Å². The minimum atomic E-state index is -3.69. The number of rotatable bonds is 8. The van der Waals surface area contributed by atoms with Gasteiger partial charge >= 0.3 is 5.97 Å². The number of nitrogens with zero attached hydrogens (tertiary/aromatic N) is 1. The van der Waals surface area contributed by atoms with Crippen LogP contribution >= 0.6 is 0 Å². The van der Waals surface area contributed by atoms with Crippen LogP contribution in [0.3, 0.4) is 0 Å². The molecule has 1 fully saturated rings. The number of carboxylic acid groups (broad SMARTS) is 1. The summed E-state index contributed by atoms with van der Waals surface area (Å²) in [4.78, 5) is 10.5. The Balaban J connectivity index is 2.54. The van der Waals surface area contributed by atoms with Gasteiger partial charge in [0, 0.05) is 32.2 Å². The smallest absolute Gasteiger partial charge is 0.304 e. The Kier molecular flexibility index (Phi) is 6.38. The van der Waals surface area contributed by atoms with Crippen LogP contribution in [-0.2, 0) is 15.0 Å². The van der Waals surface area contributed by atoms with Crippen LogP contribution in [0.15, 0.2) is 0 Å². The molecule has 0 atom stereocenters. The van der Waals surface area contributed by atoms with Gasteiger partial charge in [-0.25, -0.2) is 4.72 Å². The first kappa shape index (κ1) is 17.4. The van der Waals surface area contributed by atoms with Crippen molar-refractivity contribution in [3.8, 4) is 0 Å². The average molecular weight is 308 g/mol. The van der Waals surface area contributed by atoms with Crippen LogP contribution in [0.5, 0.6) is 0 Å². The van der Waals surface area contributed by atoms with Gasteiger partial charge in [0.15, 0.2) is 0 Å². The van der Waals surface area contributed by atoms with Gasteiger partial charge in [-0.3, -0.25) is 4.79 Å². The quantitative estimate of drug-likeness (QED) is 0.592. The minimum Gasteiger partial charge on any atom is -0.481 e. The van der Waals surface area contributed by atoms with Crippen molar-refractivity contribution in [3.05, 3.63) is 0 Å². The van der Waals surface area contributed by atoms with Crippen LogP contribution in [-0.4, -0.2) is 55.6 Å². The zero-order valence-electron chi connectivity index (χ0n) is 11.8. The molecule has 0 heterocycles. The average Bonchev–Trinajstić information content (AvgIpc) is 2.43. The Hall–Kier alpha value is -0.700. The van der Waals surface area contributed by atoms with Gasteiger partial charge in [0.25, 0.3) is 10.2 Å². The van der Waals surface area contributed by atoms with Crippen molar-refractivity contribution in [2.24, 2.45) is 5.41 Å². The van der Waals surface area contributed by atoms with Gasteiger partial charge in [0.1, 0.15) is 0 Å². The van der Waals surface area contributed by atoms with Crippen molar-refractivity contribution in [1.82, 2.24) is 9.03 Å². The van der Waals surface area contributed by atoms with E-state index in [1.165, 1.54) is 7.05 Å². The van der Waals surface area contributed by atoms with E-state index in [0.717, 1.165) is 36.4 Å². The maximum absolute atomic E-state index is 12.0. The molecular weight excluding hydrogens is 284 g/mol. The highest BCUT2D eigenvalue weighted by atomic mass is 32.2. The van der Waals surface area contributed by atoms with Crippen LogP contribution in [0.25, 0.3) is 0 Å². The van der Waals surface area contributed by atoms with Crippen molar-refractivity contribution in [2.75, 3.05) is 26.7 Å². The fraction of sp³-hybridized carbons (Fsp3) is 0.917. The fourth-order valence-corrected chi connectivity index (χ4v) is 3.46. The van der Waals surface area contributed by atoms with Gasteiger partial charge in [-0.05, 0) is 12.8 Å². The van der Waals surface area contributed by atoms with Gasteiger partial charge < -0.3 is 10.2 Å². The van der Waals surface area contributed by atoms with Gasteiger partial charge in [0.2, 0.25) is 0 Å². The first-order valence-electron chi connectivity index (χ1n) is 6.85. The molecule has 0 saturated heterocycles. The molecule has 1 aliphatic rings. The molecule has 1 saturated carbocycles. The molecule has 0 bridgehead atoms. The van der Waals surface area contributed by atoms with E-state index in [9.17, 15) is 18.3 Å². The number of carbonyl (C=O) groups is 1. The molecule has 0 aromatic heterocycles. The molecule has 0 aliphatic heterocycles. The molecule has 0 radical (unpaired) electrons. The van der Waals surface area contributed by atoms with Gasteiger partial charge in [-0.1, -0.05) is 19.3 Å². The predicted octanol–water partition coefficient (Wildman–Crippen LogP) is 0.170. The van der Waals surface area contributed by atoms with Crippen molar-refractivity contribution in [1.29, 1.82) is 0 Å². The lowest BCUT2D eigenvalue weighted by Crippen LogP contribution is -2.46. The molecule has 0 unspecified atom stereocenters. The third kappa shape index (κ3) is 5.01.